The summed E-state index contributed by atoms with van der Waals surface area (Å²) in [5.74, 6) is -0.142. The molecule has 1 fully saturated rings. The molecule has 1 aliphatic rings. The Labute approximate surface area is 120 Å². The van der Waals surface area contributed by atoms with Gasteiger partial charge in [0, 0.05) is 18.6 Å². The molecule has 0 aromatic heterocycles. The number of rotatable bonds is 6. The maximum absolute atomic E-state index is 13.7. The van der Waals surface area contributed by atoms with Crippen molar-refractivity contribution in [3.63, 3.8) is 0 Å². The molecule has 3 nitrogen and oxygen atoms in total. The predicted octanol–water partition coefficient (Wildman–Crippen LogP) is 2.24. The predicted molar refractivity (Wildman–Crippen MR) is 79.2 cm³/mol. The summed E-state index contributed by atoms with van der Waals surface area (Å²) in [4.78, 5) is 2.34. The summed E-state index contributed by atoms with van der Waals surface area (Å²) in [5.41, 5.74) is 1.68. The molecule has 2 N–H and O–H groups in total. The molecule has 112 valence electrons. The summed E-state index contributed by atoms with van der Waals surface area (Å²) in [5, 5.41) is 12.6. The molecule has 1 aromatic carbocycles. The first-order valence-electron chi connectivity index (χ1n) is 7.44. The zero-order valence-corrected chi connectivity index (χ0v) is 12.4. The quantitative estimate of drug-likeness (QED) is 0.839. The molecule has 0 saturated carbocycles. The number of aliphatic hydroxyl groups is 1. The molecule has 0 aliphatic carbocycles. The van der Waals surface area contributed by atoms with E-state index in [1.165, 1.54) is 0 Å². The molecule has 2 unspecified atom stereocenters. The van der Waals surface area contributed by atoms with E-state index in [1.54, 1.807) is 13.0 Å². The fourth-order valence-corrected chi connectivity index (χ4v) is 2.99. The molecule has 2 atom stereocenters. The van der Waals surface area contributed by atoms with Gasteiger partial charge >= 0.3 is 0 Å². The Morgan fingerprint density at radius 2 is 2.30 bits per heavy atom. The summed E-state index contributed by atoms with van der Waals surface area (Å²) in [6.07, 6.45) is 3.17. The first kappa shape index (κ1) is 15.4. The third-order valence-corrected chi connectivity index (χ3v) is 4.36. The van der Waals surface area contributed by atoms with Crippen LogP contribution in [-0.2, 0) is 0 Å². The molecule has 0 amide bonds. The van der Waals surface area contributed by atoms with Crippen LogP contribution >= 0.6 is 0 Å². The van der Waals surface area contributed by atoms with Gasteiger partial charge in [0.1, 0.15) is 5.82 Å². The number of aryl methyl sites for hydroxylation is 1. The molecule has 4 heteroatoms. The lowest BCUT2D eigenvalue weighted by molar-refractivity contribution is 0.154. The van der Waals surface area contributed by atoms with Gasteiger partial charge in [0.15, 0.2) is 0 Å². The average Bonchev–Trinajstić information content (AvgIpc) is 2.90. The smallest absolute Gasteiger partial charge is 0.126 e. The van der Waals surface area contributed by atoms with Crippen LogP contribution in [-0.4, -0.2) is 42.8 Å². The van der Waals surface area contributed by atoms with E-state index < -0.39 is 0 Å². The van der Waals surface area contributed by atoms with Crippen LogP contribution in [0.1, 0.15) is 36.4 Å². The van der Waals surface area contributed by atoms with Gasteiger partial charge in [0.05, 0.1) is 6.61 Å². The van der Waals surface area contributed by atoms with Crippen LogP contribution in [0.3, 0.4) is 0 Å². The van der Waals surface area contributed by atoms with E-state index in [4.69, 9.17) is 0 Å². The number of hydrogen-bond donors (Lipinski definition) is 2. The van der Waals surface area contributed by atoms with Gasteiger partial charge < -0.3 is 10.4 Å². The molecule has 1 aromatic rings. The largest absolute Gasteiger partial charge is 0.395 e. The van der Waals surface area contributed by atoms with Crippen molar-refractivity contribution in [3.8, 4) is 0 Å². The highest BCUT2D eigenvalue weighted by atomic mass is 19.1. The van der Waals surface area contributed by atoms with Crippen molar-refractivity contribution in [1.82, 2.24) is 10.2 Å². The fraction of sp³-hybridized carbons (Fsp3) is 0.625. The van der Waals surface area contributed by atoms with Crippen LogP contribution in [0.4, 0.5) is 4.39 Å². The van der Waals surface area contributed by atoms with Gasteiger partial charge in [-0.25, -0.2) is 4.39 Å². The first-order valence-corrected chi connectivity index (χ1v) is 7.44. The first-order chi connectivity index (χ1) is 9.65. The number of nitrogens with zero attached hydrogens (tertiary/aromatic N) is 1. The Hall–Kier alpha value is -0.970. The van der Waals surface area contributed by atoms with Crippen LogP contribution in [0, 0.1) is 12.7 Å². The molecule has 1 aliphatic heterocycles. The van der Waals surface area contributed by atoms with Crippen LogP contribution in [0.5, 0.6) is 0 Å². The zero-order valence-electron chi connectivity index (χ0n) is 12.4. The molecule has 20 heavy (non-hydrogen) atoms. The Morgan fingerprint density at radius 1 is 1.50 bits per heavy atom. The second kappa shape index (κ2) is 7.16. The van der Waals surface area contributed by atoms with E-state index in [0.29, 0.717) is 11.6 Å². The van der Waals surface area contributed by atoms with Crippen LogP contribution in [0.2, 0.25) is 0 Å². The average molecular weight is 280 g/mol. The zero-order chi connectivity index (χ0) is 14.5. The topological polar surface area (TPSA) is 35.5 Å². The monoisotopic (exact) mass is 280 g/mol. The highest BCUT2D eigenvalue weighted by Crippen LogP contribution is 2.22. The number of aliphatic hydroxyl groups excluding tert-OH is 1. The van der Waals surface area contributed by atoms with Crippen molar-refractivity contribution >= 4 is 0 Å². The van der Waals surface area contributed by atoms with E-state index in [1.807, 2.05) is 19.2 Å². The Morgan fingerprint density at radius 3 is 2.95 bits per heavy atom. The van der Waals surface area contributed by atoms with Gasteiger partial charge in [-0.3, -0.25) is 4.90 Å². The van der Waals surface area contributed by atoms with E-state index in [9.17, 15) is 9.50 Å². The third-order valence-electron chi connectivity index (χ3n) is 4.36. The lowest BCUT2D eigenvalue weighted by Gasteiger charge is -2.25. The van der Waals surface area contributed by atoms with Crippen molar-refractivity contribution in [3.05, 3.63) is 35.1 Å². The summed E-state index contributed by atoms with van der Waals surface area (Å²) in [7, 11) is 1.91. The van der Waals surface area contributed by atoms with E-state index in [-0.39, 0.29) is 18.5 Å². The normalized spacial score (nSPS) is 21.3. The van der Waals surface area contributed by atoms with Crippen molar-refractivity contribution in [2.75, 3.05) is 26.7 Å². The molecular weight excluding hydrogens is 255 g/mol. The number of halogens is 1. The van der Waals surface area contributed by atoms with Crippen molar-refractivity contribution in [2.45, 2.75) is 38.3 Å². The van der Waals surface area contributed by atoms with Crippen molar-refractivity contribution in [2.24, 2.45) is 0 Å². The SMILES string of the molecule is CNC(CCN1CCCC1CO)c1ccc(C)c(F)c1. The Balaban J connectivity index is 1.96. The molecule has 1 saturated heterocycles. The lowest BCUT2D eigenvalue weighted by Crippen LogP contribution is -2.34. The number of benzene rings is 1. The minimum Gasteiger partial charge on any atom is -0.395 e. The molecule has 0 spiro atoms. The molecule has 1 heterocycles. The van der Waals surface area contributed by atoms with Crippen LogP contribution in [0.25, 0.3) is 0 Å². The highest BCUT2D eigenvalue weighted by Gasteiger charge is 2.24. The fourth-order valence-electron chi connectivity index (χ4n) is 2.99. The molecule has 0 bridgehead atoms. The van der Waals surface area contributed by atoms with Gasteiger partial charge in [-0.2, -0.15) is 0 Å². The molecule has 0 radical (unpaired) electrons. The summed E-state index contributed by atoms with van der Waals surface area (Å²) in [6, 6.07) is 5.92. The summed E-state index contributed by atoms with van der Waals surface area (Å²) < 4.78 is 13.7. The highest BCUT2D eigenvalue weighted by molar-refractivity contribution is 5.25. The lowest BCUT2D eigenvalue weighted by atomic mass is 10.0. The maximum Gasteiger partial charge on any atom is 0.126 e. The second-order valence-corrected chi connectivity index (χ2v) is 5.65. The van der Waals surface area contributed by atoms with Gasteiger partial charge in [-0.15, -0.1) is 0 Å². The third kappa shape index (κ3) is 3.57. The molecular formula is C16H25FN2O. The van der Waals surface area contributed by atoms with Gasteiger partial charge in [0.2, 0.25) is 0 Å². The maximum atomic E-state index is 13.7. The number of nitrogens with one attached hydrogen (secondary N) is 1. The Bertz CT molecular complexity index is 438. The van der Waals surface area contributed by atoms with E-state index in [2.05, 4.69) is 10.2 Å². The number of hydrogen-bond acceptors (Lipinski definition) is 3. The summed E-state index contributed by atoms with van der Waals surface area (Å²) >= 11 is 0. The minimum atomic E-state index is -0.142. The Kier molecular flexibility index (Phi) is 5.52. The van der Waals surface area contributed by atoms with Crippen molar-refractivity contribution in [1.29, 1.82) is 0 Å². The van der Waals surface area contributed by atoms with Gasteiger partial charge in [-0.05, 0) is 57.0 Å². The summed E-state index contributed by atoms with van der Waals surface area (Å²) in [6.45, 7) is 4.02. The standard InChI is InChI=1S/C16H25FN2O/c1-12-5-6-13(10-15(12)17)16(18-2)7-9-19-8-3-4-14(19)11-20/h5-6,10,14,16,18,20H,3-4,7-9,11H2,1-2H3. The minimum absolute atomic E-state index is 0.142. The second-order valence-electron chi connectivity index (χ2n) is 5.65. The molecule has 2 rings (SSSR count). The van der Waals surface area contributed by atoms with Crippen LogP contribution < -0.4 is 5.32 Å². The van der Waals surface area contributed by atoms with E-state index >= 15 is 0 Å². The van der Waals surface area contributed by atoms with Gasteiger partial charge in [0.25, 0.3) is 0 Å². The van der Waals surface area contributed by atoms with Gasteiger partial charge in [-0.1, -0.05) is 12.1 Å². The van der Waals surface area contributed by atoms with E-state index in [0.717, 1.165) is 37.9 Å². The van der Waals surface area contributed by atoms with Crippen molar-refractivity contribution < 1.29 is 9.50 Å². The van der Waals surface area contributed by atoms with Crippen LogP contribution in [0.15, 0.2) is 18.2 Å². The number of likely N-dealkylation sites (tertiary alicyclic amines) is 1.